The maximum Gasteiger partial charge on any atom is 0.342 e. The molecule has 2 aromatic heterocycles. The Labute approximate surface area is 185 Å². The van der Waals surface area contributed by atoms with Gasteiger partial charge in [0.15, 0.2) is 0 Å². The Kier molecular flexibility index (Phi) is 6.20. The van der Waals surface area contributed by atoms with Crippen LogP contribution in [0.3, 0.4) is 0 Å². The van der Waals surface area contributed by atoms with Gasteiger partial charge in [-0.1, -0.05) is 32.0 Å². The smallest absolute Gasteiger partial charge is 0.342 e. The predicted octanol–water partition coefficient (Wildman–Crippen LogP) is 3.55. The minimum absolute atomic E-state index is 0.241. The Morgan fingerprint density at radius 1 is 1.16 bits per heavy atom. The number of benzene rings is 1. The van der Waals surface area contributed by atoms with E-state index < -0.39 is 11.2 Å². The summed E-state index contributed by atoms with van der Waals surface area (Å²) in [6.07, 6.45) is 4.03. The highest BCUT2D eigenvalue weighted by atomic mass is 32.2. The van der Waals surface area contributed by atoms with Crippen LogP contribution in [-0.4, -0.2) is 38.2 Å². The number of rotatable bonds is 5. The molecule has 1 aliphatic heterocycles. The number of hydrogen-bond acceptors (Lipinski definition) is 6. The summed E-state index contributed by atoms with van der Waals surface area (Å²) in [7, 11) is 0. The molecule has 1 aromatic carbocycles. The zero-order valence-electron chi connectivity index (χ0n) is 17.8. The van der Waals surface area contributed by atoms with E-state index in [1.54, 1.807) is 18.5 Å². The lowest BCUT2D eigenvalue weighted by atomic mass is 10.0. The number of nitrogens with one attached hydrogen (secondary N) is 1. The van der Waals surface area contributed by atoms with Crippen LogP contribution in [0.5, 0.6) is 0 Å². The quantitative estimate of drug-likeness (QED) is 0.487. The first-order valence-electron chi connectivity index (χ1n) is 10.2. The number of amides is 1. The molecule has 1 amide bonds. The van der Waals surface area contributed by atoms with Gasteiger partial charge in [-0.25, -0.2) is 4.98 Å². The molecule has 0 radical (unpaired) electrons. The molecule has 0 saturated heterocycles. The molecule has 0 aliphatic carbocycles. The zero-order valence-corrected chi connectivity index (χ0v) is 18.6. The monoisotopic (exact) mass is 435 g/mol. The highest BCUT2D eigenvalue weighted by Gasteiger charge is 2.22. The summed E-state index contributed by atoms with van der Waals surface area (Å²) in [6, 6.07) is 13.3. The van der Waals surface area contributed by atoms with Gasteiger partial charge in [-0.05, 0) is 35.7 Å². The number of aromatic nitrogens is 3. The van der Waals surface area contributed by atoms with Crippen LogP contribution in [0.15, 0.2) is 53.8 Å². The Bertz CT molecular complexity index is 1090. The summed E-state index contributed by atoms with van der Waals surface area (Å²) in [5, 5.41) is 3.28. The zero-order chi connectivity index (χ0) is 22.0. The third kappa shape index (κ3) is 4.86. The molecule has 1 aliphatic rings. The van der Waals surface area contributed by atoms with Crippen LogP contribution in [0.1, 0.15) is 47.1 Å². The molecule has 1 N–H and O–H groups in total. The van der Waals surface area contributed by atoms with Crippen molar-refractivity contribution in [1.82, 2.24) is 15.0 Å². The van der Waals surface area contributed by atoms with Crippen LogP contribution in [0.2, 0.25) is 0 Å². The Morgan fingerprint density at radius 2 is 1.94 bits per heavy atom. The van der Waals surface area contributed by atoms with E-state index in [0.29, 0.717) is 36.3 Å². The summed E-state index contributed by atoms with van der Waals surface area (Å²) in [5.74, 6) is 0.936. The average Bonchev–Trinajstić information content (AvgIpc) is 2.78. The van der Waals surface area contributed by atoms with Gasteiger partial charge in [0.2, 0.25) is 0 Å². The van der Waals surface area contributed by atoms with Crippen molar-refractivity contribution >= 4 is 28.6 Å². The lowest BCUT2D eigenvalue weighted by Gasteiger charge is -2.29. The van der Waals surface area contributed by atoms with Crippen molar-refractivity contribution in [3.05, 3.63) is 71.2 Å². The number of nitrogens with zero attached hydrogens (tertiary/aromatic N) is 4. The van der Waals surface area contributed by atoms with Crippen molar-refractivity contribution in [2.75, 3.05) is 23.0 Å². The molecule has 7 nitrogen and oxygen atoms in total. The molecule has 3 aromatic rings. The molecule has 0 bridgehead atoms. The number of carbonyl (C=O) groups excluding carboxylic acids is 1. The van der Waals surface area contributed by atoms with E-state index in [0.717, 1.165) is 22.8 Å². The van der Waals surface area contributed by atoms with E-state index in [4.69, 9.17) is 0 Å². The average molecular weight is 436 g/mol. The molecule has 31 heavy (non-hydrogen) atoms. The van der Waals surface area contributed by atoms with Crippen molar-refractivity contribution in [3.8, 4) is 0 Å². The standard InChI is InChI=1S/C23H25N5O2S/c1-15(2)16-7-9-18(10-8-16)25-22(29)20-5-4-6-21(26-20)28-12-11-19-17(14-28)13-24-23(27-19)31(3)30/h4-10,13,15H,11-12,14H2,1-3H3,(H,25,29). The van der Waals surface area contributed by atoms with Crippen molar-refractivity contribution in [3.63, 3.8) is 0 Å². The number of carbonyl (C=O) groups is 1. The van der Waals surface area contributed by atoms with Crippen molar-refractivity contribution in [2.45, 2.75) is 37.9 Å². The third-order valence-electron chi connectivity index (χ3n) is 5.30. The number of pyridine rings is 1. The van der Waals surface area contributed by atoms with E-state index in [1.807, 2.05) is 36.4 Å². The molecule has 1 unspecified atom stereocenters. The lowest BCUT2D eigenvalue weighted by Crippen LogP contribution is -2.32. The van der Waals surface area contributed by atoms with Gasteiger partial charge in [-0.15, -0.1) is 0 Å². The van der Waals surface area contributed by atoms with Crippen LogP contribution in [0.25, 0.3) is 0 Å². The minimum Gasteiger partial charge on any atom is -0.609 e. The molecule has 4 rings (SSSR count). The van der Waals surface area contributed by atoms with Gasteiger partial charge in [0.1, 0.15) is 17.8 Å². The Balaban J connectivity index is 1.47. The van der Waals surface area contributed by atoms with Gasteiger partial charge in [0.05, 0.1) is 5.69 Å². The summed E-state index contributed by atoms with van der Waals surface area (Å²) in [5.41, 5.74) is 4.25. The predicted molar refractivity (Wildman–Crippen MR) is 122 cm³/mol. The summed E-state index contributed by atoms with van der Waals surface area (Å²) in [4.78, 5) is 28.0. The fraction of sp³-hybridized carbons (Fsp3) is 0.304. The van der Waals surface area contributed by atoms with Crippen molar-refractivity contribution in [2.24, 2.45) is 0 Å². The van der Waals surface area contributed by atoms with E-state index >= 15 is 0 Å². The van der Waals surface area contributed by atoms with Crippen LogP contribution in [0, 0.1) is 0 Å². The fourth-order valence-electron chi connectivity index (χ4n) is 3.50. The Hall–Kier alpha value is -2.97. The number of anilines is 2. The second-order valence-electron chi connectivity index (χ2n) is 7.86. The molecule has 160 valence electrons. The number of hydrogen-bond donors (Lipinski definition) is 1. The normalized spacial score (nSPS) is 14.3. The molecule has 3 heterocycles. The molecule has 0 spiro atoms. The van der Waals surface area contributed by atoms with Gasteiger partial charge in [0.25, 0.3) is 5.91 Å². The van der Waals surface area contributed by atoms with Gasteiger partial charge < -0.3 is 14.8 Å². The second kappa shape index (κ2) is 9.03. The summed E-state index contributed by atoms with van der Waals surface area (Å²) >= 11 is -1.19. The first-order valence-corrected chi connectivity index (χ1v) is 11.8. The van der Waals surface area contributed by atoms with Crippen LogP contribution in [-0.2, 0) is 24.1 Å². The molecule has 0 saturated carbocycles. The maximum atomic E-state index is 12.7. The minimum atomic E-state index is -1.19. The molecular weight excluding hydrogens is 410 g/mol. The third-order valence-corrected chi connectivity index (χ3v) is 6.01. The van der Waals surface area contributed by atoms with Crippen molar-refractivity contribution in [1.29, 1.82) is 0 Å². The summed E-state index contributed by atoms with van der Waals surface area (Å²) < 4.78 is 11.6. The largest absolute Gasteiger partial charge is 0.609 e. The fourth-order valence-corrected chi connectivity index (χ4v) is 3.94. The highest BCUT2D eigenvalue weighted by molar-refractivity contribution is 7.90. The van der Waals surface area contributed by atoms with Gasteiger partial charge >= 0.3 is 5.16 Å². The van der Waals surface area contributed by atoms with E-state index in [-0.39, 0.29) is 5.91 Å². The molecule has 8 heteroatoms. The maximum absolute atomic E-state index is 12.7. The van der Waals surface area contributed by atoms with Crippen LogP contribution in [0.4, 0.5) is 11.5 Å². The molecular formula is C23H25N5O2S. The molecule has 0 fully saturated rings. The van der Waals surface area contributed by atoms with E-state index in [2.05, 4.69) is 39.0 Å². The topological polar surface area (TPSA) is 94.1 Å². The Morgan fingerprint density at radius 3 is 2.65 bits per heavy atom. The second-order valence-corrected chi connectivity index (χ2v) is 9.14. The molecule has 1 atom stereocenters. The van der Waals surface area contributed by atoms with E-state index in [9.17, 15) is 9.35 Å². The SMILES string of the molecule is CC(C)c1ccc(NC(=O)c2cccc(N3CCc4nc([S+](C)[O-])ncc4C3)n2)cc1. The van der Waals surface area contributed by atoms with Crippen LogP contribution >= 0.6 is 0 Å². The van der Waals surface area contributed by atoms with Crippen LogP contribution < -0.4 is 10.2 Å². The first kappa shape index (κ1) is 21.3. The number of fused-ring (bicyclic) bond motifs is 1. The van der Waals surface area contributed by atoms with Crippen molar-refractivity contribution < 1.29 is 9.35 Å². The van der Waals surface area contributed by atoms with E-state index in [1.165, 1.54) is 5.56 Å². The van der Waals surface area contributed by atoms with Gasteiger partial charge in [0, 0.05) is 48.1 Å². The lowest BCUT2D eigenvalue weighted by molar-refractivity contribution is 0.102. The van der Waals surface area contributed by atoms with Gasteiger partial charge in [-0.3, -0.25) is 4.79 Å². The first-order chi connectivity index (χ1) is 14.9. The van der Waals surface area contributed by atoms with Gasteiger partial charge in [-0.2, -0.15) is 9.97 Å². The highest BCUT2D eigenvalue weighted by Crippen LogP contribution is 2.23. The summed E-state index contributed by atoms with van der Waals surface area (Å²) in [6.45, 7) is 5.59.